The Morgan fingerprint density at radius 3 is 2.46 bits per heavy atom. The van der Waals surface area contributed by atoms with E-state index in [2.05, 4.69) is 10.6 Å². The van der Waals surface area contributed by atoms with Gasteiger partial charge < -0.3 is 15.4 Å². The maximum Gasteiger partial charge on any atom is 0.253 e. The van der Waals surface area contributed by atoms with Crippen LogP contribution in [0, 0.1) is 0 Å². The summed E-state index contributed by atoms with van der Waals surface area (Å²) in [4.78, 5) is 24.1. The van der Waals surface area contributed by atoms with Crippen molar-refractivity contribution in [1.82, 2.24) is 5.32 Å². The van der Waals surface area contributed by atoms with E-state index in [1.807, 2.05) is 19.9 Å². The van der Waals surface area contributed by atoms with Gasteiger partial charge in [-0.1, -0.05) is 35.9 Å². The van der Waals surface area contributed by atoms with Gasteiger partial charge in [-0.05, 0) is 38.1 Å². The highest BCUT2D eigenvalue weighted by molar-refractivity contribution is 6.33. The quantitative estimate of drug-likeness (QED) is 0.841. The van der Waals surface area contributed by atoms with E-state index in [1.165, 1.54) is 0 Å². The number of hydrogen-bond acceptors (Lipinski definition) is 3. The molecule has 0 aliphatic heterocycles. The van der Waals surface area contributed by atoms with E-state index in [4.69, 9.17) is 16.3 Å². The minimum atomic E-state index is -0.400. The summed E-state index contributed by atoms with van der Waals surface area (Å²) in [5, 5.41) is 5.61. The van der Waals surface area contributed by atoms with Gasteiger partial charge >= 0.3 is 0 Å². The first-order valence-corrected chi connectivity index (χ1v) is 7.93. The van der Waals surface area contributed by atoms with Crippen molar-refractivity contribution in [3.63, 3.8) is 0 Å². The molecule has 2 N–H and O–H groups in total. The van der Waals surface area contributed by atoms with Crippen LogP contribution in [0.25, 0.3) is 0 Å². The molecule has 0 aliphatic carbocycles. The summed E-state index contributed by atoms with van der Waals surface area (Å²) in [6.07, 6.45) is -0.0111. The number of anilines is 1. The molecular formula is C18H19ClN2O3. The van der Waals surface area contributed by atoms with Crippen molar-refractivity contribution in [2.24, 2.45) is 0 Å². The third-order valence-electron chi connectivity index (χ3n) is 3.05. The number of benzene rings is 2. The second kappa shape index (κ2) is 8.36. The average Bonchev–Trinajstić information content (AvgIpc) is 2.54. The molecule has 0 saturated carbocycles. The number of halogens is 1. The number of ether oxygens (including phenoxy) is 1. The molecule has 2 amide bonds. The summed E-state index contributed by atoms with van der Waals surface area (Å²) in [5.74, 6) is -0.170. The van der Waals surface area contributed by atoms with Gasteiger partial charge in [0.2, 0.25) is 5.91 Å². The van der Waals surface area contributed by atoms with Crippen LogP contribution in [-0.4, -0.2) is 24.5 Å². The molecule has 0 unspecified atom stereocenters. The van der Waals surface area contributed by atoms with Gasteiger partial charge in [0.25, 0.3) is 5.91 Å². The highest BCUT2D eigenvalue weighted by Gasteiger charge is 2.12. The predicted molar refractivity (Wildman–Crippen MR) is 94.6 cm³/mol. The molecule has 0 radical (unpaired) electrons. The van der Waals surface area contributed by atoms with Crippen LogP contribution in [0.3, 0.4) is 0 Å². The minimum absolute atomic E-state index is 0.0111. The molecular weight excluding hydrogens is 328 g/mol. The highest BCUT2D eigenvalue weighted by atomic mass is 35.5. The Labute approximate surface area is 146 Å². The van der Waals surface area contributed by atoms with Crippen LogP contribution in [0.1, 0.15) is 24.2 Å². The Kier molecular flexibility index (Phi) is 6.21. The number of rotatable bonds is 6. The van der Waals surface area contributed by atoms with Gasteiger partial charge in [-0.3, -0.25) is 9.59 Å². The Hall–Kier alpha value is -2.53. The normalized spacial score (nSPS) is 10.3. The SMILES string of the molecule is CC(C)Oc1ccccc1NC(=O)CNC(=O)c1ccccc1Cl. The van der Waals surface area contributed by atoms with Gasteiger partial charge in [0.05, 0.1) is 28.9 Å². The van der Waals surface area contributed by atoms with Crippen molar-refractivity contribution in [2.75, 3.05) is 11.9 Å². The summed E-state index contributed by atoms with van der Waals surface area (Å²) in [5.41, 5.74) is 0.888. The van der Waals surface area contributed by atoms with Crippen LogP contribution >= 0.6 is 11.6 Å². The molecule has 0 atom stereocenters. The first-order valence-electron chi connectivity index (χ1n) is 7.55. The van der Waals surface area contributed by atoms with Crippen molar-refractivity contribution < 1.29 is 14.3 Å². The summed E-state index contributed by atoms with van der Waals surface area (Å²) in [6, 6.07) is 13.8. The van der Waals surface area contributed by atoms with Crippen molar-refractivity contribution in [2.45, 2.75) is 20.0 Å². The molecule has 0 fully saturated rings. The van der Waals surface area contributed by atoms with E-state index in [0.29, 0.717) is 22.0 Å². The molecule has 0 bridgehead atoms. The molecule has 0 saturated heterocycles. The smallest absolute Gasteiger partial charge is 0.253 e. The standard InChI is InChI=1S/C18H19ClN2O3/c1-12(2)24-16-10-6-5-9-15(16)21-17(22)11-20-18(23)13-7-3-4-8-14(13)19/h3-10,12H,11H2,1-2H3,(H,20,23)(H,21,22). The number of nitrogens with one attached hydrogen (secondary N) is 2. The summed E-state index contributed by atoms with van der Waals surface area (Å²) < 4.78 is 5.64. The number of amides is 2. The van der Waals surface area contributed by atoms with Gasteiger partial charge in [0, 0.05) is 0 Å². The molecule has 2 rings (SSSR count). The predicted octanol–water partition coefficient (Wildman–Crippen LogP) is 3.50. The molecule has 0 aromatic heterocycles. The fourth-order valence-electron chi connectivity index (χ4n) is 2.02. The van der Waals surface area contributed by atoms with E-state index < -0.39 is 5.91 Å². The third-order valence-corrected chi connectivity index (χ3v) is 3.38. The monoisotopic (exact) mass is 346 g/mol. The van der Waals surface area contributed by atoms with E-state index in [0.717, 1.165) is 0 Å². The Balaban J connectivity index is 1.95. The Morgan fingerprint density at radius 2 is 1.75 bits per heavy atom. The second-order valence-corrected chi connectivity index (χ2v) is 5.78. The van der Waals surface area contributed by atoms with Gasteiger partial charge in [-0.15, -0.1) is 0 Å². The molecule has 5 nitrogen and oxygen atoms in total. The maximum absolute atomic E-state index is 12.1. The summed E-state index contributed by atoms with van der Waals surface area (Å²) in [7, 11) is 0. The zero-order chi connectivity index (χ0) is 17.5. The molecule has 126 valence electrons. The van der Waals surface area contributed by atoms with Crippen molar-refractivity contribution in [1.29, 1.82) is 0 Å². The van der Waals surface area contributed by atoms with Crippen LogP contribution in [-0.2, 0) is 4.79 Å². The largest absolute Gasteiger partial charge is 0.489 e. The lowest BCUT2D eigenvalue weighted by Crippen LogP contribution is -2.33. The lowest BCUT2D eigenvalue weighted by Gasteiger charge is -2.15. The lowest BCUT2D eigenvalue weighted by atomic mass is 10.2. The van der Waals surface area contributed by atoms with Crippen LogP contribution in [0.4, 0.5) is 5.69 Å². The fourth-order valence-corrected chi connectivity index (χ4v) is 2.24. The molecule has 2 aromatic rings. The van der Waals surface area contributed by atoms with Crippen molar-refractivity contribution in [3.05, 3.63) is 59.1 Å². The second-order valence-electron chi connectivity index (χ2n) is 5.37. The first kappa shape index (κ1) is 17.8. The van der Waals surface area contributed by atoms with Crippen LogP contribution in [0.2, 0.25) is 5.02 Å². The van der Waals surface area contributed by atoms with E-state index in [-0.39, 0.29) is 18.6 Å². The number of para-hydroxylation sites is 2. The van der Waals surface area contributed by atoms with Gasteiger partial charge in [-0.2, -0.15) is 0 Å². The molecule has 2 aromatic carbocycles. The zero-order valence-electron chi connectivity index (χ0n) is 13.5. The number of carbonyl (C=O) groups excluding carboxylic acids is 2. The van der Waals surface area contributed by atoms with Crippen molar-refractivity contribution in [3.8, 4) is 5.75 Å². The third kappa shape index (κ3) is 4.99. The molecule has 0 heterocycles. The molecule has 24 heavy (non-hydrogen) atoms. The van der Waals surface area contributed by atoms with Crippen molar-refractivity contribution >= 4 is 29.1 Å². The van der Waals surface area contributed by atoms with E-state index in [9.17, 15) is 9.59 Å². The lowest BCUT2D eigenvalue weighted by molar-refractivity contribution is -0.115. The molecule has 0 aliphatic rings. The van der Waals surface area contributed by atoms with Crippen LogP contribution < -0.4 is 15.4 Å². The topological polar surface area (TPSA) is 67.4 Å². The van der Waals surface area contributed by atoms with Crippen LogP contribution in [0.5, 0.6) is 5.75 Å². The Morgan fingerprint density at radius 1 is 1.08 bits per heavy atom. The van der Waals surface area contributed by atoms with Gasteiger partial charge in [-0.25, -0.2) is 0 Å². The summed E-state index contributed by atoms with van der Waals surface area (Å²) >= 11 is 5.96. The van der Waals surface area contributed by atoms with E-state index >= 15 is 0 Å². The van der Waals surface area contributed by atoms with Gasteiger partial charge in [0.1, 0.15) is 5.75 Å². The average molecular weight is 347 g/mol. The highest BCUT2D eigenvalue weighted by Crippen LogP contribution is 2.24. The maximum atomic E-state index is 12.1. The minimum Gasteiger partial charge on any atom is -0.489 e. The number of carbonyl (C=O) groups is 2. The van der Waals surface area contributed by atoms with E-state index in [1.54, 1.807) is 42.5 Å². The van der Waals surface area contributed by atoms with Gasteiger partial charge in [0.15, 0.2) is 0 Å². The zero-order valence-corrected chi connectivity index (χ0v) is 14.3. The first-order chi connectivity index (χ1) is 11.5. The summed E-state index contributed by atoms with van der Waals surface area (Å²) in [6.45, 7) is 3.64. The van der Waals surface area contributed by atoms with Crippen LogP contribution in [0.15, 0.2) is 48.5 Å². The molecule has 0 spiro atoms. The molecule has 6 heteroatoms. The Bertz CT molecular complexity index is 732. The fraction of sp³-hybridized carbons (Fsp3) is 0.222. The number of hydrogen-bond donors (Lipinski definition) is 2.